The number of methoxy groups -OCH3 is 1. The molecule has 1 heterocycles. The van der Waals surface area contributed by atoms with Crippen LogP contribution in [0.5, 0.6) is 0 Å². The van der Waals surface area contributed by atoms with Crippen LogP contribution in [-0.2, 0) is 4.74 Å². The van der Waals surface area contributed by atoms with Gasteiger partial charge in [0.2, 0.25) is 0 Å². The molecule has 23 heavy (non-hydrogen) atoms. The van der Waals surface area contributed by atoms with Crippen LogP contribution in [0.2, 0.25) is 0 Å². The summed E-state index contributed by atoms with van der Waals surface area (Å²) in [5.41, 5.74) is 1.36. The van der Waals surface area contributed by atoms with Crippen molar-refractivity contribution in [2.24, 2.45) is 0 Å². The summed E-state index contributed by atoms with van der Waals surface area (Å²) < 4.78 is 4.94. The first kappa shape index (κ1) is 16.9. The Labute approximate surface area is 136 Å². The van der Waals surface area contributed by atoms with Crippen molar-refractivity contribution in [3.8, 4) is 0 Å². The van der Waals surface area contributed by atoms with Crippen LogP contribution >= 0.6 is 0 Å². The van der Waals surface area contributed by atoms with E-state index in [1.54, 1.807) is 13.3 Å². The van der Waals surface area contributed by atoms with Crippen molar-refractivity contribution >= 4 is 17.4 Å². The van der Waals surface area contributed by atoms with Gasteiger partial charge in [0.15, 0.2) is 5.82 Å². The van der Waals surface area contributed by atoms with E-state index in [0.29, 0.717) is 18.8 Å². The number of anilines is 2. The van der Waals surface area contributed by atoms with Crippen molar-refractivity contribution in [1.82, 2.24) is 15.3 Å². The number of nitrogens with zero attached hydrogens (tertiary/aromatic N) is 3. The molecule has 122 valence electrons. The topological polar surface area (TPSA) is 67.4 Å². The predicted octanol–water partition coefficient (Wildman–Crippen LogP) is 2.40. The fraction of sp³-hybridized carbons (Fsp3) is 0.353. The molecule has 2 rings (SSSR count). The lowest BCUT2D eigenvalue weighted by Gasteiger charge is -2.21. The number of carbonyl (C=O) groups is 1. The molecular formula is C17H22N4O2. The Morgan fingerprint density at radius 3 is 2.61 bits per heavy atom. The standard InChI is InChI=1S/C17H22N4O2/c1-3-21(14-8-5-4-6-9-14)16-13-19-15(12-20-16)17(22)18-10-7-11-23-2/h4-6,8-9,12-13H,3,7,10-11H2,1-2H3,(H,18,22). The molecule has 6 heteroatoms. The van der Waals surface area contributed by atoms with Gasteiger partial charge in [-0.25, -0.2) is 9.97 Å². The monoisotopic (exact) mass is 314 g/mol. The zero-order valence-corrected chi connectivity index (χ0v) is 13.5. The molecule has 0 atom stereocenters. The number of amides is 1. The van der Waals surface area contributed by atoms with Gasteiger partial charge in [0, 0.05) is 32.5 Å². The zero-order valence-electron chi connectivity index (χ0n) is 13.5. The largest absolute Gasteiger partial charge is 0.385 e. The fourth-order valence-electron chi connectivity index (χ4n) is 2.17. The van der Waals surface area contributed by atoms with E-state index in [1.165, 1.54) is 6.20 Å². The van der Waals surface area contributed by atoms with Gasteiger partial charge < -0.3 is 15.0 Å². The van der Waals surface area contributed by atoms with Crippen molar-refractivity contribution in [1.29, 1.82) is 0 Å². The molecule has 1 N–H and O–H groups in total. The van der Waals surface area contributed by atoms with Gasteiger partial charge in [0.05, 0.1) is 12.4 Å². The van der Waals surface area contributed by atoms with Crippen molar-refractivity contribution < 1.29 is 9.53 Å². The van der Waals surface area contributed by atoms with Gasteiger partial charge in [-0.2, -0.15) is 0 Å². The summed E-state index contributed by atoms with van der Waals surface area (Å²) in [5, 5.41) is 2.79. The third-order valence-corrected chi connectivity index (χ3v) is 3.34. The highest BCUT2D eigenvalue weighted by atomic mass is 16.5. The molecule has 0 fully saturated rings. The maximum absolute atomic E-state index is 12.0. The number of hydrogen-bond acceptors (Lipinski definition) is 5. The average Bonchev–Trinajstić information content (AvgIpc) is 2.61. The molecule has 1 amide bonds. The van der Waals surface area contributed by atoms with Gasteiger partial charge in [-0.15, -0.1) is 0 Å². The number of rotatable bonds is 8. The second-order valence-corrected chi connectivity index (χ2v) is 4.94. The third-order valence-electron chi connectivity index (χ3n) is 3.34. The lowest BCUT2D eigenvalue weighted by Crippen LogP contribution is -2.26. The number of benzene rings is 1. The maximum atomic E-state index is 12.0. The number of hydrogen-bond donors (Lipinski definition) is 1. The second-order valence-electron chi connectivity index (χ2n) is 4.94. The minimum atomic E-state index is -0.220. The van der Waals surface area contributed by atoms with E-state index in [-0.39, 0.29) is 5.91 Å². The van der Waals surface area contributed by atoms with E-state index >= 15 is 0 Å². The van der Waals surface area contributed by atoms with Crippen LogP contribution in [-0.4, -0.2) is 42.7 Å². The van der Waals surface area contributed by atoms with Gasteiger partial charge in [-0.3, -0.25) is 4.79 Å². The van der Waals surface area contributed by atoms with E-state index in [4.69, 9.17) is 4.74 Å². The van der Waals surface area contributed by atoms with Crippen LogP contribution in [0.1, 0.15) is 23.8 Å². The molecule has 0 saturated carbocycles. The summed E-state index contributed by atoms with van der Waals surface area (Å²) in [5.74, 6) is 0.498. The van der Waals surface area contributed by atoms with E-state index in [9.17, 15) is 4.79 Å². The van der Waals surface area contributed by atoms with Crippen LogP contribution < -0.4 is 10.2 Å². The van der Waals surface area contributed by atoms with Gasteiger partial charge >= 0.3 is 0 Å². The lowest BCUT2D eigenvalue weighted by atomic mass is 10.3. The predicted molar refractivity (Wildman–Crippen MR) is 90.0 cm³/mol. The Morgan fingerprint density at radius 2 is 2.00 bits per heavy atom. The van der Waals surface area contributed by atoms with Gasteiger partial charge in [-0.1, -0.05) is 18.2 Å². The zero-order chi connectivity index (χ0) is 16.5. The van der Waals surface area contributed by atoms with Crippen LogP contribution in [0.15, 0.2) is 42.7 Å². The molecule has 0 aliphatic heterocycles. The second kappa shape index (κ2) is 8.85. The highest BCUT2D eigenvalue weighted by Gasteiger charge is 2.11. The summed E-state index contributed by atoms with van der Waals surface area (Å²) in [7, 11) is 1.64. The number of para-hydroxylation sites is 1. The first-order valence-corrected chi connectivity index (χ1v) is 7.68. The minimum absolute atomic E-state index is 0.220. The Hall–Kier alpha value is -2.47. The van der Waals surface area contributed by atoms with E-state index in [2.05, 4.69) is 15.3 Å². The summed E-state index contributed by atoms with van der Waals surface area (Å²) >= 11 is 0. The summed E-state index contributed by atoms with van der Waals surface area (Å²) in [6.45, 7) is 3.99. The van der Waals surface area contributed by atoms with Crippen LogP contribution in [0.25, 0.3) is 0 Å². The number of ether oxygens (including phenoxy) is 1. The molecule has 2 aromatic rings. The molecule has 0 radical (unpaired) electrons. The highest BCUT2D eigenvalue weighted by Crippen LogP contribution is 2.21. The van der Waals surface area contributed by atoms with Crippen molar-refractivity contribution in [3.05, 3.63) is 48.4 Å². The van der Waals surface area contributed by atoms with Crippen LogP contribution in [0, 0.1) is 0 Å². The first-order valence-electron chi connectivity index (χ1n) is 7.68. The molecule has 1 aromatic heterocycles. The minimum Gasteiger partial charge on any atom is -0.385 e. The maximum Gasteiger partial charge on any atom is 0.271 e. The van der Waals surface area contributed by atoms with E-state index in [0.717, 1.165) is 24.5 Å². The normalized spacial score (nSPS) is 10.3. The molecule has 0 saturated heterocycles. The van der Waals surface area contributed by atoms with Crippen LogP contribution in [0.3, 0.4) is 0 Å². The Bertz CT molecular complexity index is 602. The van der Waals surface area contributed by atoms with Gasteiger partial charge in [0.1, 0.15) is 5.69 Å². The molecule has 0 aliphatic rings. The number of aromatic nitrogens is 2. The number of nitrogens with one attached hydrogen (secondary N) is 1. The van der Waals surface area contributed by atoms with E-state index in [1.807, 2.05) is 42.2 Å². The molecular weight excluding hydrogens is 292 g/mol. The summed E-state index contributed by atoms with van der Waals surface area (Å²) in [6.07, 6.45) is 3.90. The smallest absolute Gasteiger partial charge is 0.271 e. The lowest BCUT2D eigenvalue weighted by molar-refractivity contribution is 0.0943. The Kier molecular flexibility index (Phi) is 6.50. The summed E-state index contributed by atoms with van der Waals surface area (Å²) in [6, 6.07) is 9.96. The average molecular weight is 314 g/mol. The third kappa shape index (κ3) is 4.75. The Balaban J connectivity index is 2.02. The van der Waals surface area contributed by atoms with E-state index < -0.39 is 0 Å². The molecule has 1 aromatic carbocycles. The molecule has 0 spiro atoms. The van der Waals surface area contributed by atoms with Crippen molar-refractivity contribution in [2.45, 2.75) is 13.3 Å². The molecule has 0 unspecified atom stereocenters. The number of carbonyl (C=O) groups excluding carboxylic acids is 1. The Morgan fingerprint density at radius 1 is 1.22 bits per heavy atom. The van der Waals surface area contributed by atoms with Gasteiger partial charge in [-0.05, 0) is 25.5 Å². The summed E-state index contributed by atoms with van der Waals surface area (Å²) in [4.78, 5) is 22.6. The van der Waals surface area contributed by atoms with Crippen molar-refractivity contribution in [2.75, 3.05) is 31.7 Å². The highest BCUT2D eigenvalue weighted by molar-refractivity contribution is 5.92. The molecule has 6 nitrogen and oxygen atoms in total. The van der Waals surface area contributed by atoms with Gasteiger partial charge in [0.25, 0.3) is 5.91 Å². The fourth-order valence-corrected chi connectivity index (χ4v) is 2.17. The van der Waals surface area contributed by atoms with Crippen molar-refractivity contribution in [3.63, 3.8) is 0 Å². The SMILES string of the molecule is CCN(c1ccccc1)c1cnc(C(=O)NCCCOC)cn1. The quantitative estimate of drug-likeness (QED) is 0.758. The molecule has 0 aliphatic carbocycles. The first-order chi connectivity index (χ1) is 11.3. The molecule has 0 bridgehead atoms. The van der Waals surface area contributed by atoms with Crippen LogP contribution in [0.4, 0.5) is 11.5 Å².